The molecule has 0 spiro atoms. The summed E-state index contributed by atoms with van der Waals surface area (Å²) in [7, 11) is 0. The van der Waals surface area contributed by atoms with Gasteiger partial charge >= 0.3 is 17.9 Å². The minimum absolute atomic E-state index is 0.0659. The van der Waals surface area contributed by atoms with Crippen molar-refractivity contribution in [3.05, 3.63) is 12.2 Å². The van der Waals surface area contributed by atoms with Gasteiger partial charge in [0.05, 0.1) is 0 Å². The lowest BCUT2D eigenvalue weighted by molar-refractivity contribution is -0.167. The van der Waals surface area contributed by atoms with Crippen LogP contribution in [0, 0.1) is 0 Å². The van der Waals surface area contributed by atoms with E-state index in [1.807, 2.05) is 0 Å². The third-order valence-electron chi connectivity index (χ3n) is 11.8. The fourth-order valence-electron chi connectivity index (χ4n) is 7.79. The first kappa shape index (κ1) is 57.1. The quantitative estimate of drug-likeness (QED) is 0.0263. The van der Waals surface area contributed by atoms with Crippen molar-refractivity contribution >= 4 is 17.9 Å². The number of carbonyl (C=O) groups is 3. The van der Waals surface area contributed by atoms with E-state index in [0.717, 1.165) is 57.8 Å². The van der Waals surface area contributed by atoms with Gasteiger partial charge in [0, 0.05) is 19.3 Å². The summed E-state index contributed by atoms with van der Waals surface area (Å²) >= 11 is 0. The highest BCUT2D eigenvalue weighted by molar-refractivity contribution is 5.71. The molecule has 0 amide bonds. The Bertz CT molecular complexity index is 916. The van der Waals surface area contributed by atoms with Crippen LogP contribution in [0.1, 0.15) is 290 Å². The molecule has 0 bridgehead atoms. The number of ether oxygens (including phenoxy) is 3. The first-order chi connectivity index (χ1) is 29.0. The fraction of sp³-hybridized carbons (Fsp3) is 0.906. The maximum atomic E-state index is 12.7. The Morgan fingerprint density at radius 1 is 0.322 bits per heavy atom. The molecule has 0 aromatic heterocycles. The van der Waals surface area contributed by atoms with Crippen molar-refractivity contribution in [1.82, 2.24) is 0 Å². The minimum atomic E-state index is -0.761. The molecule has 0 fully saturated rings. The topological polar surface area (TPSA) is 78.9 Å². The highest BCUT2D eigenvalue weighted by Gasteiger charge is 2.19. The van der Waals surface area contributed by atoms with Gasteiger partial charge in [0.15, 0.2) is 6.10 Å². The van der Waals surface area contributed by atoms with Crippen molar-refractivity contribution in [2.75, 3.05) is 13.2 Å². The van der Waals surface area contributed by atoms with Gasteiger partial charge < -0.3 is 14.2 Å². The lowest BCUT2D eigenvalue weighted by Crippen LogP contribution is -2.30. The van der Waals surface area contributed by atoms with Gasteiger partial charge in [0.2, 0.25) is 0 Å². The Morgan fingerprint density at radius 2 is 0.559 bits per heavy atom. The van der Waals surface area contributed by atoms with E-state index < -0.39 is 6.10 Å². The van der Waals surface area contributed by atoms with Crippen molar-refractivity contribution in [2.24, 2.45) is 0 Å². The second kappa shape index (κ2) is 48.8. The molecule has 1 atom stereocenters. The molecule has 0 saturated heterocycles. The number of hydrogen-bond donors (Lipinski definition) is 0. The van der Waals surface area contributed by atoms with Crippen LogP contribution >= 0.6 is 0 Å². The molecule has 0 N–H and O–H groups in total. The smallest absolute Gasteiger partial charge is 0.306 e. The molecule has 0 radical (unpaired) electrons. The molecule has 0 aromatic rings. The third kappa shape index (κ3) is 47.1. The van der Waals surface area contributed by atoms with Crippen LogP contribution in [0.25, 0.3) is 0 Å². The van der Waals surface area contributed by atoms with Gasteiger partial charge in [-0.05, 0) is 44.9 Å². The highest BCUT2D eigenvalue weighted by Crippen LogP contribution is 2.16. The van der Waals surface area contributed by atoms with Crippen LogP contribution < -0.4 is 0 Å². The SMILES string of the molecule is CCCCCCCCCC/C=C\CCCCCCCCCCCCCC(=O)OCC(COC(=O)CCCCCCCCC)OC(=O)CCCCCCCCCCCCC. The number of carbonyl (C=O) groups excluding carboxylic acids is 3. The molecular weight excluding hydrogens is 733 g/mol. The van der Waals surface area contributed by atoms with E-state index >= 15 is 0 Å². The van der Waals surface area contributed by atoms with E-state index in [4.69, 9.17) is 14.2 Å². The van der Waals surface area contributed by atoms with Crippen LogP contribution in [-0.2, 0) is 28.6 Å². The van der Waals surface area contributed by atoms with E-state index in [9.17, 15) is 14.4 Å². The minimum Gasteiger partial charge on any atom is -0.462 e. The molecule has 0 aliphatic heterocycles. The predicted octanol–water partition coefficient (Wildman–Crippen LogP) is 17.0. The van der Waals surface area contributed by atoms with Crippen LogP contribution in [0.3, 0.4) is 0 Å². The molecular formula is C53H100O6. The summed E-state index contributed by atoms with van der Waals surface area (Å²) in [6.07, 6.45) is 53.7. The van der Waals surface area contributed by atoms with Crippen molar-refractivity contribution < 1.29 is 28.6 Å². The maximum Gasteiger partial charge on any atom is 0.306 e. The van der Waals surface area contributed by atoms with E-state index in [2.05, 4.69) is 32.9 Å². The summed E-state index contributed by atoms with van der Waals surface area (Å²) in [5.74, 6) is -0.860. The molecule has 0 aliphatic carbocycles. The predicted molar refractivity (Wildman–Crippen MR) is 252 cm³/mol. The largest absolute Gasteiger partial charge is 0.462 e. The molecule has 0 rings (SSSR count). The molecule has 0 aromatic carbocycles. The normalized spacial score (nSPS) is 12.0. The van der Waals surface area contributed by atoms with Gasteiger partial charge in [0.1, 0.15) is 13.2 Å². The molecule has 0 saturated carbocycles. The zero-order chi connectivity index (χ0) is 43.0. The first-order valence-electron chi connectivity index (χ1n) is 26.2. The van der Waals surface area contributed by atoms with Crippen molar-refractivity contribution in [3.63, 3.8) is 0 Å². The molecule has 348 valence electrons. The Hall–Kier alpha value is -1.85. The second-order valence-electron chi connectivity index (χ2n) is 17.8. The van der Waals surface area contributed by atoms with Crippen molar-refractivity contribution in [3.8, 4) is 0 Å². The number of rotatable bonds is 48. The summed E-state index contributed by atoms with van der Waals surface area (Å²) < 4.78 is 16.7. The number of unbranched alkanes of at least 4 members (excludes halogenated alkanes) is 35. The number of esters is 3. The van der Waals surface area contributed by atoms with Crippen LogP contribution in [0.15, 0.2) is 12.2 Å². The van der Waals surface area contributed by atoms with Crippen LogP contribution in [0.2, 0.25) is 0 Å². The fourth-order valence-corrected chi connectivity index (χ4v) is 7.79. The van der Waals surface area contributed by atoms with Gasteiger partial charge in [0.25, 0.3) is 0 Å². The Kier molecular flexibility index (Phi) is 47.3. The Balaban J connectivity index is 4.09. The van der Waals surface area contributed by atoms with Crippen molar-refractivity contribution in [2.45, 2.75) is 297 Å². The molecule has 6 nitrogen and oxygen atoms in total. The van der Waals surface area contributed by atoms with Gasteiger partial charge in [-0.25, -0.2) is 0 Å². The van der Waals surface area contributed by atoms with E-state index in [1.54, 1.807) is 0 Å². The molecule has 1 unspecified atom stereocenters. The van der Waals surface area contributed by atoms with Crippen molar-refractivity contribution in [1.29, 1.82) is 0 Å². The number of allylic oxidation sites excluding steroid dienone is 2. The summed E-state index contributed by atoms with van der Waals surface area (Å²) in [4.78, 5) is 37.7. The van der Waals surface area contributed by atoms with Crippen LogP contribution in [0.5, 0.6) is 0 Å². The van der Waals surface area contributed by atoms with Gasteiger partial charge in [-0.2, -0.15) is 0 Å². The lowest BCUT2D eigenvalue weighted by Gasteiger charge is -2.18. The van der Waals surface area contributed by atoms with Gasteiger partial charge in [-0.1, -0.05) is 238 Å². The monoisotopic (exact) mass is 833 g/mol. The number of hydrogen-bond acceptors (Lipinski definition) is 6. The van der Waals surface area contributed by atoms with Crippen LogP contribution in [-0.4, -0.2) is 37.2 Å². The van der Waals surface area contributed by atoms with E-state index in [0.29, 0.717) is 19.3 Å². The summed E-state index contributed by atoms with van der Waals surface area (Å²) in [5, 5.41) is 0. The van der Waals surface area contributed by atoms with Crippen LogP contribution in [0.4, 0.5) is 0 Å². The third-order valence-corrected chi connectivity index (χ3v) is 11.8. The zero-order valence-electron chi connectivity index (χ0n) is 39.8. The Labute approximate surface area is 367 Å². The molecule has 0 heterocycles. The summed E-state index contributed by atoms with van der Waals surface area (Å²) in [6, 6.07) is 0. The molecule has 0 aliphatic rings. The van der Waals surface area contributed by atoms with Gasteiger partial charge in [-0.3, -0.25) is 14.4 Å². The maximum absolute atomic E-state index is 12.7. The van der Waals surface area contributed by atoms with Gasteiger partial charge in [-0.15, -0.1) is 0 Å². The Morgan fingerprint density at radius 3 is 0.847 bits per heavy atom. The molecule has 6 heteroatoms. The molecule has 59 heavy (non-hydrogen) atoms. The average molecular weight is 833 g/mol. The average Bonchev–Trinajstić information content (AvgIpc) is 3.23. The van der Waals surface area contributed by atoms with E-state index in [-0.39, 0.29) is 31.1 Å². The first-order valence-corrected chi connectivity index (χ1v) is 26.2. The van der Waals surface area contributed by atoms with E-state index in [1.165, 1.54) is 193 Å². The summed E-state index contributed by atoms with van der Waals surface area (Å²) in [5.41, 5.74) is 0. The zero-order valence-corrected chi connectivity index (χ0v) is 39.8. The highest BCUT2D eigenvalue weighted by atomic mass is 16.6. The lowest BCUT2D eigenvalue weighted by atomic mass is 10.0. The standard InChI is InChI=1S/C53H100O6/c1-4-7-10-13-16-18-20-21-22-23-24-25-26-27-28-29-30-31-33-34-37-40-43-46-52(55)58-49-50(48-57-51(54)45-42-39-36-15-12-9-6-3)59-53(56)47-44-41-38-35-32-19-17-14-11-8-5-2/h23-24,50H,4-22,25-49H2,1-3H3/b24-23-. The summed E-state index contributed by atoms with van der Waals surface area (Å²) in [6.45, 7) is 6.62. The second-order valence-corrected chi connectivity index (χ2v) is 17.8.